The molecule has 3 amide bonds. The Morgan fingerprint density at radius 3 is 2.13 bits per heavy atom. The number of benzene rings is 1. The molecule has 1 aromatic rings. The Labute approximate surface area is 177 Å². The highest BCUT2D eigenvalue weighted by atomic mass is 32.2. The molecular weight excluding hydrogens is 410 g/mol. The van der Waals surface area contributed by atoms with Crippen molar-refractivity contribution in [3.63, 3.8) is 0 Å². The minimum atomic E-state index is -3.34. The molecular formula is C20H29N3O6S. The average molecular weight is 440 g/mol. The number of carbonyl (C=O) groups excluding carboxylic acids is 3. The molecule has 1 heterocycles. The van der Waals surface area contributed by atoms with Crippen molar-refractivity contribution in [3.05, 3.63) is 29.8 Å². The zero-order chi connectivity index (χ0) is 22.5. The molecule has 9 nitrogen and oxygen atoms in total. The Morgan fingerprint density at radius 1 is 1.07 bits per heavy atom. The number of hydrogen-bond donors (Lipinski definition) is 2. The molecule has 0 aromatic heterocycles. The first kappa shape index (κ1) is 23.7. The van der Waals surface area contributed by atoms with Gasteiger partial charge in [-0.25, -0.2) is 13.2 Å². The molecule has 1 aromatic carbocycles. The second kappa shape index (κ2) is 9.46. The molecule has 1 aliphatic heterocycles. The lowest BCUT2D eigenvalue weighted by molar-refractivity contribution is -0.123. The van der Waals surface area contributed by atoms with Crippen molar-refractivity contribution in [1.29, 1.82) is 0 Å². The highest BCUT2D eigenvalue weighted by molar-refractivity contribution is 7.90. The molecule has 0 radical (unpaired) electrons. The van der Waals surface area contributed by atoms with E-state index in [-0.39, 0.29) is 34.8 Å². The molecule has 2 N–H and O–H groups in total. The summed E-state index contributed by atoms with van der Waals surface area (Å²) >= 11 is 0. The molecule has 166 valence electrons. The Kier molecular flexibility index (Phi) is 7.46. The fourth-order valence-corrected chi connectivity index (χ4v) is 3.64. The zero-order valence-corrected chi connectivity index (χ0v) is 18.5. The van der Waals surface area contributed by atoms with Crippen LogP contribution < -0.4 is 10.9 Å². The van der Waals surface area contributed by atoms with Crippen LogP contribution in [-0.2, 0) is 19.4 Å². The molecule has 0 bridgehead atoms. The van der Waals surface area contributed by atoms with E-state index in [1.165, 1.54) is 24.3 Å². The normalized spacial score (nSPS) is 15.4. The van der Waals surface area contributed by atoms with Crippen LogP contribution in [-0.4, -0.2) is 56.2 Å². The molecule has 1 aliphatic rings. The van der Waals surface area contributed by atoms with E-state index < -0.39 is 21.3 Å². The number of hydrogen-bond acceptors (Lipinski definition) is 6. The van der Waals surface area contributed by atoms with Gasteiger partial charge in [0.2, 0.25) is 5.91 Å². The molecule has 0 saturated carbocycles. The average Bonchev–Trinajstić information content (AvgIpc) is 2.64. The maximum absolute atomic E-state index is 12.1. The highest BCUT2D eigenvalue weighted by Gasteiger charge is 2.27. The van der Waals surface area contributed by atoms with Gasteiger partial charge in [0.15, 0.2) is 9.84 Å². The summed E-state index contributed by atoms with van der Waals surface area (Å²) in [4.78, 5) is 38.1. The summed E-state index contributed by atoms with van der Waals surface area (Å²) in [5.41, 5.74) is 4.39. The number of nitrogens with one attached hydrogen (secondary N) is 2. The highest BCUT2D eigenvalue weighted by Crippen LogP contribution is 2.22. The van der Waals surface area contributed by atoms with E-state index in [9.17, 15) is 22.8 Å². The summed E-state index contributed by atoms with van der Waals surface area (Å²) in [5.74, 6) is -0.760. The van der Waals surface area contributed by atoms with Gasteiger partial charge < -0.3 is 9.64 Å². The quantitative estimate of drug-likeness (QED) is 0.691. The van der Waals surface area contributed by atoms with Gasteiger partial charge in [-0.3, -0.25) is 20.4 Å². The van der Waals surface area contributed by atoms with Gasteiger partial charge in [-0.05, 0) is 63.8 Å². The third kappa shape index (κ3) is 7.33. The van der Waals surface area contributed by atoms with Gasteiger partial charge in [-0.2, -0.15) is 0 Å². The lowest BCUT2D eigenvalue weighted by Gasteiger charge is -2.33. The van der Waals surface area contributed by atoms with Gasteiger partial charge in [0.25, 0.3) is 5.91 Å². The Bertz CT molecular complexity index is 882. The van der Waals surface area contributed by atoms with Crippen molar-refractivity contribution >= 4 is 27.7 Å². The second-order valence-corrected chi connectivity index (χ2v) is 10.4. The maximum atomic E-state index is 12.1. The van der Waals surface area contributed by atoms with E-state index in [0.717, 1.165) is 6.26 Å². The van der Waals surface area contributed by atoms with Crippen molar-refractivity contribution in [1.82, 2.24) is 15.8 Å². The Hall–Kier alpha value is -2.62. The predicted octanol–water partition coefficient (Wildman–Crippen LogP) is 1.89. The number of piperidine rings is 1. The first-order valence-corrected chi connectivity index (χ1v) is 11.6. The number of ether oxygens (including phenoxy) is 1. The van der Waals surface area contributed by atoms with Crippen LogP contribution in [0, 0.1) is 5.92 Å². The molecule has 2 rings (SSSR count). The van der Waals surface area contributed by atoms with E-state index in [0.29, 0.717) is 25.9 Å². The maximum Gasteiger partial charge on any atom is 0.410 e. The largest absolute Gasteiger partial charge is 0.444 e. The number of hydrazine groups is 1. The van der Waals surface area contributed by atoms with E-state index in [1.54, 1.807) is 4.90 Å². The first-order chi connectivity index (χ1) is 13.8. The first-order valence-electron chi connectivity index (χ1n) is 9.72. The minimum Gasteiger partial charge on any atom is -0.444 e. The van der Waals surface area contributed by atoms with Crippen molar-refractivity contribution in [3.8, 4) is 0 Å². The van der Waals surface area contributed by atoms with Gasteiger partial charge in [-0.15, -0.1) is 0 Å². The van der Waals surface area contributed by atoms with Crippen LogP contribution in [0.2, 0.25) is 0 Å². The molecule has 1 fully saturated rings. The van der Waals surface area contributed by atoms with Crippen LogP contribution in [0.15, 0.2) is 29.2 Å². The number of rotatable bonds is 4. The minimum absolute atomic E-state index is 0.106. The van der Waals surface area contributed by atoms with Crippen LogP contribution in [0.1, 0.15) is 50.4 Å². The summed E-state index contributed by atoms with van der Waals surface area (Å²) in [6.45, 7) is 6.49. The van der Waals surface area contributed by atoms with Crippen LogP contribution >= 0.6 is 0 Å². The fourth-order valence-electron chi connectivity index (χ4n) is 3.01. The molecule has 30 heavy (non-hydrogen) atoms. The van der Waals surface area contributed by atoms with Crippen LogP contribution in [0.25, 0.3) is 0 Å². The number of likely N-dealkylation sites (tertiary alicyclic amines) is 1. The summed E-state index contributed by atoms with van der Waals surface area (Å²) < 4.78 is 28.3. The van der Waals surface area contributed by atoms with Gasteiger partial charge in [0.1, 0.15) is 5.60 Å². The molecule has 0 atom stereocenters. The van der Waals surface area contributed by atoms with Crippen molar-refractivity contribution in [2.75, 3.05) is 19.3 Å². The summed E-state index contributed by atoms with van der Waals surface area (Å²) in [6.07, 6.45) is 2.32. The zero-order valence-electron chi connectivity index (χ0n) is 17.7. The lowest BCUT2D eigenvalue weighted by Crippen LogP contribution is -2.44. The van der Waals surface area contributed by atoms with Crippen molar-refractivity contribution < 1.29 is 27.5 Å². The Balaban J connectivity index is 1.75. The third-order valence-electron chi connectivity index (χ3n) is 4.60. The van der Waals surface area contributed by atoms with Gasteiger partial charge in [-0.1, -0.05) is 0 Å². The fraction of sp³-hybridized carbons (Fsp3) is 0.550. The standard InChI is InChI=1S/C20H29N3O6S/c1-20(2,3)29-19(26)23-11-9-14(10-12-23)13-17(24)21-22-18(25)15-5-7-16(8-6-15)30(4,27)28/h5-8,14H,9-13H2,1-4H3,(H,21,24)(H,22,25). The lowest BCUT2D eigenvalue weighted by atomic mass is 9.93. The summed E-state index contributed by atoms with van der Waals surface area (Å²) in [7, 11) is -3.34. The van der Waals surface area contributed by atoms with E-state index in [1.807, 2.05) is 20.8 Å². The molecule has 10 heteroatoms. The molecule has 0 unspecified atom stereocenters. The topological polar surface area (TPSA) is 122 Å². The second-order valence-electron chi connectivity index (χ2n) is 8.41. The monoisotopic (exact) mass is 439 g/mol. The van der Waals surface area contributed by atoms with Crippen LogP contribution in [0.4, 0.5) is 4.79 Å². The number of sulfone groups is 1. The number of amides is 3. The van der Waals surface area contributed by atoms with Gasteiger partial charge in [0, 0.05) is 31.3 Å². The van der Waals surface area contributed by atoms with Gasteiger partial charge in [0.05, 0.1) is 4.90 Å². The van der Waals surface area contributed by atoms with Crippen molar-refractivity contribution in [2.45, 2.75) is 50.5 Å². The molecule has 0 aliphatic carbocycles. The van der Waals surface area contributed by atoms with E-state index in [2.05, 4.69) is 10.9 Å². The third-order valence-corrected chi connectivity index (χ3v) is 5.73. The molecule has 1 saturated heterocycles. The Morgan fingerprint density at radius 2 is 1.63 bits per heavy atom. The van der Waals surface area contributed by atoms with Crippen LogP contribution in [0.3, 0.4) is 0 Å². The van der Waals surface area contributed by atoms with Crippen molar-refractivity contribution in [2.24, 2.45) is 5.92 Å². The van der Waals surface area contributed by atoms with Crippen LogP contribution in [0.5, 0.6) is 0 Å². The van der Waals surface area contributed by atoms with Gasteiger partial charge >= 0.3 is 6.09 Å². The van der Waals surface area contributed by atoms with E-state index >= 15 is 0 Å². The summed E-state index contributed by atoms with van der Waals surface area (Å²) in [5, 5.41) is 0. The SMILES string of the molecule is CC(C)(C)OC(=O)N1CCC(CC(=O)NNC(=O)c2ccc(S(C)(=O)=O)cc2)CC1. The smallest absolute Gasteiger partial charge is 0.410 e. The number of carbonyl (C=O) groups is 3. The predicted molar refractivity (Wildman–Crippen MR) is 110 cm³/mol. The summed E-state index contributed by atoms with van der Waals surface area (Å²) in [6, 6.07) is 5.43. The molecule has 0 spiro atoms. The number of nitrogens with zero attached hydrogens (tertiary/aromatic N) is 1. The van der Waals surface area contributed by atoms with E-state index in [4.69, 9.17) is 4.74 Å².